The van der Waals surface area contributed by atoms with Crippen molar-refractivity contribution in [3.8, 4) is 0 Å². The summed E-state index contributed by atoms with van der Waals surface area (Å²) in [4.78, 5) is 33.6. The number of anilines is 1. The van der Waals surface area contributed by atoms with Gasteiger partial charge >= 0.3 is 118 Å². The molecule has 9 heteroatoms. The summed E-state index contributed by atoms with van der Waals surface area (Å²) in [6.07, 6.45) is 2.80. The molecule has 0 spiro atoms. The maximum Gasteiger partial charge on any atom is -2.00 e. The summed E-state index contributed by atoms with van der Waals surface area (Å²) in [5, 5.41) is 2.94. The molecule has 1 aliphatic heterocycles. The zero-order valence-corrected chi connectivity index (χ0v) is 14.3. The van der Waals surface area contributed by atoms with E-state index in [1.807, 2.05) is 20.8 Å². The number of ether oxygens (including phenoxy) is 1. The van der Waals surface area contributed by atoms with Gasteiger partial charge in [0.1, 0.15) is 5.60 Å². The van der Waals surface area contributed by atoms with Gasteiger partial charge in [-0.25, -0.2) is 0 Å². The molecule has 0 aromatic carbocycles. The van der Waals surface area contributed by atoms with E-state index in [4.69, 9.17) is 4.74 Å². The fourth-order valence-electron chi connectivity index (χ4n) is 3.04. The van der Waals surface area contributed by atoms with Crippen LogP contribution < -0.4 is 10.2 Å². The number of aromatic nitrogens is 2. The molecule has 8 nitrogen and oxygen atoms in total. The Bertz CT molecular complexity index is 619. The number of hydrogen-bond acceptors (Lipinski definition) is 6. The van der Waals surface area contributed by atoms with Crippen LogP contribution in [0.1, 0.15) is 31.3 Å². The average Bonchev–Trinajstić information content (AvgIpc) is 2.90. The van der Waals surface area contributed by atoms with Crippen molar-refractivity contribution in [1.29, 1.82) is 0 Å². The van der Waals surface area contributed by atoms with E-state index in [0.717, 1.165) is 18.9 Å². The van der Waals surface area contributed by atoms with Crippen LogP contribution in [0.4, 0.5) is 10.6 Å². The first-order valence-corrected chi connectivity index (χ1v) is 7.82. The summed E-state index contributed by atoms with van der Waals surface area (Å²) >= 11 is 1.47. The van der Waals surface area contributed by atoms with Crippen molar-refractivity contribution in [2.24, 2.45) is 11.8 Å². The fourth-order valence-corrected chi connectivity index (χ4v) is 3.04. The first-order chi connectivity index (χ1) is 10.7. The summed E-state index contributed by atoms with van der Waals surface area (Å²) in [6.45, 7) is 7.22. The Morgan fingerprint density at radius 1 is 1.25 bits per heavy atom. The van der Waals surface area contributed by atoms with Crippen molar-refractivity contribution in [2.45, 2.75) is 32.4 Å². The maximum absolute atomic E-state index is 11.8. The zero-order chi connectivity index (χ0) is 16.8. The maximum atomic E-state index is 11.8. The van der Waals surface area contributed by atoms with E-state index in [0.29, 0.717) is 17.5 Å². The number of nitrogens with zero attached hydrogens (tertiary/aromatic N) is 3. The summed E-state index contributed by atoms with van der Waals surface area (Å²) < 4.78 is 5.19. The second-order valence-corrected chi connectivity index (χ2v) is 7.22. The molecule has 2 heterocycles. The van der Waals surface area contributed by atoms with Gasteiger partial charge < -0.3 is 5.48 Å². The van der Waals surface area contributed by atoms with Gasteiger partial charge in [-0.05, 0) is 20.8 Å². The second kappa shape index (κ2) is 6.71. The first-order valence-electron chi connectivity index (χ1n) is 7.82. The Morgan fingerprint density at radius 3 is 2.33 bits per heavy atom. The van der Waals surface area contributed by atoms with E-state index in [9.17, 15) is 9.59 Å². The molecular formula is C15H19LiN4O4-2. The predicted octanol–water partition coefficient (Wildman–Crippen LogP) is 0.626. The van der Waals surface area contributed by atoms with Gasteiger partial charge in [-0.1, -0.05) is 0 Å². The molecule has 0 bridgehead atoms. The number of rotatable bonds is 3. The molecule has 1 aromatic rings. The normalized spacial score (nSPS) is 24.7. The quantitative estimate of drug-likeness (QED) is 0.815. The molecule has 3 rings (SSSR count). The van der Waals surface area contributed by atoms with Gasteiger partial charge in [0.25, 0.3) is 0 Å². The number of nitrogens with one attached hydrogen (secondary N) is 1. The van der Waals surface area contributed by atoms with E-state index in [1.54, 1.807) is 6.20 Å². The molecule has 2 aliphatic rings. The number of carbonyl (C=O) groups is 2. The minimum atomic E-state index is -0.478. The van der Waals surface area contributed by atoms with E-state index in [1.165, 1.54) is 23.9 Å². The molecule has 2 fully saturated rings. The van der Waals surface area contributed by atoms with Crippen LogP contribution in [0.15, 0.2) is 12.4 Å². The Morgan fingerprint density at radius 2 is 1.88 bits per heavy atom. The van der Waals surface area contributed by atoms with Crippen LogP contribution in [0.3, 0.4) is 0 Å². The zero-order valence-electron chi connectivity index (χ0n) is 14.3. The minimum absolute atomic E-state index is 0. The van der Waals surface area contributed by atoms with Crippen molar-refractivity contribution < 1.29 is 19.8 Å². The summed E-state index contributed by atoms with van der Waals surface area (Å²) in [6, 6.07) is 0.186. The van der Waals surface area contributed by atoms with Gasteiger partial charge in [0, 0.05) is 0 Å². The average molecular weight is 326 g/mol. The molecule has 1 aliphatic carbocycles. The third-order valence-corrected chi connectivity index (χ3v) is 4.20. The predicted molar refractivity (Wildman–Crippen MR) is 85.2 cm³/mol. The van der Waals surface area contributed by atoms with Crippen molar-refractivity contribution >= 4 is 34.1 Å². The Labute approximate surface area is 149 Å². The summed E-state index contributed by atoms with van der Waals surface area (Å²) in [5.74, 6) is 1.63. The molecule has 0 radical (unpaired) electrons. The van der Waals surface area contributed by atoms with Gasteiger partial charge in [0.2, 0.25) is 0 Å². The van der Waals surface area contributed by atoms with Gasteiger partial charge in [0.15, 0.2) is 0 Å². The van der Waals surface area contributed by atoms with E-state index in [-0.39, 0.29) is 22.1 Å². The van der Waals surface area contributed by atoms with Gasteiger partial charge in [0.05, 0.1) is 0 Å². The van der Waals surface area contributed by atoms with E-state index >= 15 is 0 Å². The van der Waals surface area contributed by atoms with Crippen molar-refractivity contribution in [2.75, 3.05) is 18.0 Å². The van der Waals surface area contributed by atoms with E-state index < -0.39 is 5.60 Å². The number of carbonyl (C=O) groups excluding carboxylic acids is 2. The fraction of sp³-hybridized carbons (Fsp3) is 0.600. The topological polar surface area (TPSA) is 113 Å². The molecule has 1 saturated heterocycles. The number of piperidine rings is 1. The Hall–Kier alpha value is -1.62. The van der Waals surface area contributed by atoms with Crippen LogP contribution in [0.5, 0.6) is 0 Å². The van der Waals surface area contributed by atoms with Crippen LogP contribution in [-0.2, 0) is 10.2 Å². The van der Waals surface area contributed by atoms with Crippen LogP contribution in [-0.4, -0.2) is 63.0 Å². The standard InChI is InChI=1S/C15H19N4O3.Li.O/c1-15(2,3)22-14(21)18-13-10-6-19(7-11(10)13)12-5-16-9(8-20)4-17-12;;/h4-5,10-11,13H,6-7H2,1-3H3,(H,18,21);;/q;;-2. The van der Waals surface area contributed by atoms with Crippen LogP contribution in [0.25, 0.3) is 0 Å². The van der Waals surface area contributed by atoms with Crippen molar-refractivity contribution in [1.82, 2.24) is 15.3 Å². The monoisotopic (exact) mass is 326 g/mol. The number of alkyl carbamates (subject to hydrolysis) is 1. The SMILES string of the molecule is [Li][C](=O)c1cnc(N2CC3C(C2)C3NC(=O)OC(C)(C)C)cn1.[O-2]. The summed E-state index contributed by atoms with van der Waals surface area (Å²) in [5.41, 5.74) is -0.101. The Balaban J connectivity index is 0.00000208. The number of amides is 1. The minimum Gasteiger partial charge on any atom is -2.00 e. The molecule has 1 saturated carbocycles. The molecular weight excluding hydrogens is 307 g/mol. The van der Waals surface area contributed by atoms with E-state index in [2.05, 4.69) is 20.2 Å². The molecule has 1 aromatic heterocycles. The van der Waals surface area contributed by atoms with Crippen molar-refractivity contribution in [3.05, 3.63) is 18.1 Å². The largest absolute Gasteiger partial charge is 2.00 e. The van der Waals surface area contributed by atoms with Gasteiger partial charge in [-0.2, -0.15) is 0 Å². The second-order valence-electron chi connectivity index (χ2n) is 7.22. The molecule has 2 atom stereocenters. The third-order valence-electron chi connectivity index (χ3n) is 4.20. The number of hydrogen-bond donors (Lipinski definition) is 1. The van der Waals surface area contributed by atoms with Gasteiger partial charge in [-0.15, -0.1) is 0 Å². The molecule has 126 valence electrons. The molecule has 1 amide bonds. The first kappa shape index (κ1) is 18.7. The van der Waals surface area contributed by atoms with Crippen LogP contribution >= 0.6 is 0 Å². The summed E-state index contributed by atoms with van der Waals surface area (Å²) in [7, 11) is 0. The Kier molecular flexibility index (Phi) is 5.23. The molecule has 2 unspecified atom stereocenters. The smallest absolute Gasteiger partial charge is 2.00 e. The third kappa shape index (κ3) is 4.07. The number of fused-ring (bicyclic) bond motifs is 1. The molecule has 24 heavy (non-hydrogen) atoms. The molecule has 1 N–H and O–H groups in total. The van der Waals surface area contributed by atoms with Crippen molar-refractivity contribution in [3.63, 3.8) is 0 Å². The van der Waals surface area contributed by atoms with Crippen LogP contribution in [0, 0.1) is 11.8 Å². The van der Waals surface area contributed by atoms with Gasteiger partial charge in [-0.3, -0.25) is 0 Å². The van der Waals surface area contributed by atoms with Crippen LogP contribution in [0.2, 0.25) is 0 Å².